The van der Waals surface area contributed by atoms with Crippen molar-refractivity contribution >= 4 is 11.6 Å². The minimum Gasteiger partial charge on any atom is -0.483 e. The van der Waals surface area contributed by atoms with Crippen LogP contribution in [0, 0.1) is 0 Å². The molecule has 1 atom stereocenters. The first-order valence-corrected chi connectivity index (χ1v) is 8.35. The number of amides is 1. The Kier molecular flexibility index (Phi) is 3.60. The number of hydrogen-bond donors (Lipinski definition) is 0. The van der Waals surface area contributed by atoms with E-state index >= 15 is 0 Å². The van der Waals surface area contributed by atoms with E-state index in [4.69, 9.17) is 4.74 Å². The third-order valence-electron chi connectivity index (χ3n) is 4.71. The summed E-state index contributed by atoms with van der Waals surface area (Å²) in [6.07, 6.45) is 0.715. The maximum atomic E-state index is 12.4. The lowest BCUT2D eigenvalue weighted by Crippen LogP contribution is -2.28. The zero-order valence-electron chi connectivity index (χ0n) is 13.9. The van der Waals surface area contributed by atoms with Crippen LogP contribution in [0.3, 0.4) is 0 Å². The Balaban J connectivity index is 1.68. The van der Waals surface area contributed by atoms with E-state index in [1.54, 1.807) is 5.01 Å². The number of benzene rings is 2. The number of hydrogen-bond acceptors (Lipinski definition) is 3. The molecule has 2 aliphatic heterocycles. The van der Waals surface area contributed by atoms with Crippen molar-refractivity contribution in [2.75, 3.05) is 6.61 Å². The van der Waals surface area contributed by atoms with Gasteiger partial charge in [0.2, 0.25) is 0 Å². The Bertz CT molecular complexity index is 809. The fourth-order valence-electron chi connectivity index (χ4n) is 3.31. The van der Waals surface area contributed by atoms with Gasteiger partial charge in [0.15, 0.2) is 6.61 Å². The largest absolute Gasteiger partial charge is 0.483 e. The number of nitrogens with zero attached hydrogens (tertiary/aromatic N) is 2. The van der Waals surface area contributed by atoms with Gasteiger partial charge in [-0.3, -0.25) is 4.79 Å². The number of para-hydroxylation sites is 1. The fourth-order valence-corrected chi connectivity index (χ4v) is 3.31. The molecule has 2 aliphatic rings. The van der Waals surface area contributed by atoms with Gasteiger partial charge in [-0.2, -0.15) is 5.10 Å². The number of fused-ring (bicyclic) bond motifs is 3. The molecule has 0 aromatic heterocycles. The fraction of sp³-hybridized carbons (Fsp3) is 0.300. The van der Waals surface area contributed by atoms with Crippen molar-refractivity contribution in [2.24, 2.45) is 5.10 Å². The van der Waals surface area contributed by atoms with Crippen LogP contribution in [0.4, 0.5) is 0 Å². The summed E-state index contributed by atoms with van der Waals surface area (Å²) >= 11 is 0. The molecule has 24 heavy (non-hydrogen) atoms. The van der Waals surface area contributed by atoms with E-state index in [1.165, 1.54) is 5.56 Å². The highest BCUT2D eigenvalue weighted by molar-refractivity contribution is 6.03. The number of carbonyl (C=O) groups is 1. The van der Waals surface area contributed by atoms with Gasteiger partial charge < -0.3 is 4.74 Å². The number of rotatable bonds is 2. The minimum atomic E-state index is -0.0926. The minimum absolute atomic E-state index is 0.0383. The summed E-state index contributed by atoms with van der Waals surface area (Å²) in [7, 11) is 0. The molecule has 0 saturated carbocycles. The summed E-state index contributed by atoms with van der Waals surface area (Å²) in [5.41, 5.74) is 4.38. The molecule has 4 nitrogen and oxygen atoms in total. The van der Waals surface area contributed by atoms with Gasteiger partial charge in [0.1, 0.15) is 5.75 Å². The van der Waals surface area contributed by atoms with Crippen molar-refractivity contribution in [3.8, 4) is 5.75 Å². The lowest BCUT2D eigenvalue weighted by molar-refractivity contribution is -0.134. The second-order valence-electron chi connectivity index (χ2n) is 6.61. The average molecular weight is 320 g/mol. The quantitative estimate of drug-likeness (QED) is 0.842. The van der Waals surface area contributed by atoms with E-state index in [2.05, 4.69) is 43.2 Å². The third-order valence-corrected chi connectivity index (χ3v) is 4.71. The molecular weight excluding hydrogens is 300 g/mol. The predicted octanol–water partition coefficient (Wildman–Crippen LogP) is 3.88. The summed E-state index contributed by atoms with van der Waals surface area (Å²) in [6, 6.07) is 16.3. The molecular formula is C20H20N2O2. The molecule has 4 rings (SSSR count). The van der Waals surface area contributed by atoms with Crippen molar-refractivity contribution in [1.29, 1.82) is 0 Å². The molecule has 0 radical (unpaired) electrons. The zero-order chi connectivity index (χ0) is 16.7. The Morgan fingerprint density at radius 1 is 1.12 bits per heavy atom. The second-order valence-corrected chi connectivity index (χ2v) is 6.61. The summed E-state index contributed by atoms with van der Waals surface area (Å²) in [5, 5.41) is 6.21. The molecule has 2 aromatic carbocycles. The standard InChI is InChI=1S/C20H20N2O2/c1-13(2)14-7-9-15(10-8-14)17-11-18-16-5-3-4-6-19(16)24-12-20(23)22(18)21-17/h3-10,13,18H,11-12H2,1-2H3. The summed E-state index contributed by atoms with van der Waals surface area (Å²) in [5.74, 6) is 1.19. The zero-order valence-corrected chi connectivity index (χ0v) is 13.9. The first-order chi connectivity index (χ1) is 11.6. The van der Waals surface area contributed by atoms with Gasteiger partial charge in [0, 0.05) is 12.0 Å². The highest BCUT2D eigenvalue weighted by atomic mass is 16.5. The van der Waals surface area contributed by atoms with Gasteiger partial charge in [0.05, 0.1) is 11.8 Å². The van der Waals surface area contributed by atoms with Crippen LogP contribution in [0.5, 0.6) is 5.75 Å². The Labute approximate surface area is 141 Å². The number of ether oxygens (including phenoxy) is 1. The van der Waals surface area contributed by atoms with Crippen LogP contribution in [-0.4, -0.2) is 23.2 Å². The van der Waals surface area contributed by atoms with Gasteiger partial charge in [-0.15, -0.1) is 0 Å². The van der Waals surface area contributed by atoms with Crippen LogP contribution in [-0.2, 0) is 4.79 Å². The van der Waals surface area contributed by atoms with Crippen LogP contribution in [0.2, 0.25) is 0 Å². The van der Waals surface area contributed by atoms with Gasteiger partial charge in [0.25, 0.3) is 5.91 Å². The first-order valence-electron chi connectivity index (χ1n) is 8.35. The number of carbonyl (C=O) groups excluding carboxylic acids is 1. The third kappa shape index (κ3) is 2.48. The van der Waals surface area contributed by atoms with Crippen LogP contribution in [0.1, 0.15) is 48.9 Å². The second kappa shape index (κ2) is 5.78. The van der Waals surface area contributed by atoms with Crippen molar-refractivity contribution in [3.63, 3.8) is 0 Å². The first kappa shape index (κ1) is 14.9. The summed E-state index contributed by atoms with van der Waals surface area (Å²) < 4.78 is 5.62. The SMILES string of the molecule is CC(C)c1ccc(C2=NN3C(=O)COc4ccccc4C3C2)cc1. The molecule has 0 spiro atoms. The van der Waals surface area contributed by atoms with E-state index in [9.17, 15) is 4.79 Å². The monoisotopic (exact) mass is 320 g/mol. The van der Waals surface area contributed by atoms with Crippen molar-refractivity contribution in [3.05, 3.63) is 65.2 Å². The molecule has 1 unspecified atom stereocenters. The highest BCUT2D eigenvalue weighted by Gasteiger charge is 2.36. The van der Waals surface area contributed by atoms with Crippen molar-refractivity contribution < 1.29 is 9.53 Å². The summed E-state index contributed by atoms with van der Waals surface area (Å²) in [4.78, 5) is 12.4. The lowest BCUT2D eigenvalue weighted by atomic mass is 9.96. The predicted molar refractivity (Wildman–Crippen MR) is 93.2 cm³/mol. The molecule has 0 fully saturated rings. The van der Waals surface area contributed by atoms with Gasteiger partial charge in [-0.25, -0.2) is 5.01 Å². The molecule has 122 valence electrons. The molecule has 2 aromatic rings. The Hall–Kier alpha value is -2.62. The van der Waals surface area contributed by atoms with E-state index in [0.29, 0.717) is 12.3 Å². The van der Waals surface area contributed by atoms with Crippen LogP contribution in [0.15, 0.2) is 53.6 Å². The Morgan fingerprint density at radius 2 is 1.88 bits per heavy atom. The average Bonchev–Trinajstić information content (AvgIpc) is 3.00. The van der Waals surface area contributed by atoms with E-state index in [-0.39, 0.29) is 18.6 Å². The molecule has 0 aliphatic carbocycles. The molecule has 0 saturated heterocycles. The maximum absolute atomic E-state index is 12.4. The van der Waals surface area contributed by atoms with Gasteiger partial charge in [-0.1, -0.05) is 56.3 Å². The maximum Gasteiger partial charge on any atom is 0.281 e. The van der Waals surface area contributed by atoms with E-state index in [0.717, 1.165) is 22.6 Å². The molecule has 0 N–H and O–H groups in total. The molecule has 2 heterocycles. The Morgan fingerprint density at radius 3 is 2.62 bits per heavy atom. The number of hydrazone groups is 1. The molecule has 1 amide bonds. The van der Waals surface area contributed by atoms with Gasteiger partial charge in [-0.05, 0) is 23.1 Å². The van der Waals surface area contributed by atoms with Crippen LogP contribution in [0.25, 0.3) is 0 Å². The topological polar surface area (TPSA) is 41.9 Å². The van der Waals surface area contributed by atoms with Gasteiger partial charge >= 0.3 is 0 Å². The van der Waals surface area contributed by atoms with Crippen molar-refractivity contribution in [2.45, 2.75) is 32.2 Å². The smallest absolute Gasteiger partial charge is 0.281 e. The van der Waals surface area contributed by atoms with E-state index in [1.807, 2.05) is 24.3 Å². The molecule has 0 bridgehead atoms. The summed E-state index contributed by atoms with van der Waals surface area (Å²) in [6.45, 7) is 4.40. The highest BCUT2D eigenvalue weighted by Crippen LogP contribution is 2.39. The lowest BCUT2D eigenvalue weighted by Gasteiger charge is -2.18. The van der Waals surface area contributed by atoms with Crippen LogP contribution >= 0.6 is 0 Å². The normalized spacial score (nSPS) is 19.5. The van der Waals surface area contributed by atoms with E-state index < -0.39 is 0 Å². The van der Waals surface area contributed by atoms with Crippen LogP contribution < -0.4 is 4.74 Å². The molecule has 4 heteroatoms. The van der Waals surface area contributed by atoms with Crippen molar-refractivity contribution in [1.82, 2.24) is 5.01 Å².